The Morgan fingerprint density at radius 1 is 1.10 bits per heavy atom. The predicted octanol–water partition coefficient (Wildman–Crippen LogP) is 4.76. The lowest BCUT2D eigenvalue weighted by Crippen LogP contribution is -2.42. The summed E-state index contributed by atoms with van der Waals surface area (Å²) in [6, 6.07) is 18.4. The number of piperidine rings is 1. The number of Topliss-reactive ketones (excluding diaryl/α,β-unsaturated/α-hetero) is 1. The van der Waals surface area contributed by atoms with Gasteiger partial charge in [0.05, 0.1) is 0 Å². The van der Waals surface area contributed by atoms with Gasteiger partial charge in [-0.05, 0) is 49.2 Å². The summed E-state index contributed by atoms with van der Waals surface area (Å²) in [6.45, 7) is 2.97. The number of hydrogen-bond acceptors (Lipinski definition) is 5. The fourth-order valence-electron chi connectivity index (χ4n) is 3.67. The van der Waals surface area contributed by atoms with Crippen LogP contribution in [0.15, 0.2) is 65.2 Å². The van der Waals surface area contributed by atoms with Crippen molar-refractivity contribution in [3.05, 3.63) is 77.7 Å². The Hall–Kier alpha value is -3.41. The Morgan fingerprint density at radius 3 is 2.53 bits per heavy atom. The molecule has 1 saturated heterocycles. The van der Waals surface area contributed by atoms with Gasteiger partial charge in [0, 0.05) is 37.1 Å². The van der Waals surface area contributed by atoms with Crippen molar-refractivity contribution >= 4 is 11.7 Å². The van der Waals surface area contributed by atoms with E-state index in [0.29, 0.717) is 42.3 Å². The molecular weight excluding hydrogens is 380 g/mol. The van der Waals surface area contributed by atoms with E-state index in [4.69, 9.17) is 9.26 Å². The van der Waals surface area contributed by atoms with Crippen LogP contribution in [0.3, 0.4) is 0 Å². The van der Waals surface area contributed by atoms with E-state index in [2.05, 4.69) is 5.16 Å². The molecule has 3 aromatic rings. The molecule has 0 radical (unpaired) electrons. The Labute approximate surface area is 175 Å². The van der Waals surface area contributed by atoms with Crippen molar-refractivity contribution in [3.63, 3.8) is 0 Å². The van der Waals surface area contributed by atoms with Crippen LogP contribution in [0, 0.1) is 5.92 Å². The lowest BCUT2D eigenvalue weighted by atomic mass is 9.90. The molecule has 0 bridgehead atoms. The number of nitrogens with zero attached hydrogens (tertiary/aromatic N) is 2. The van der Waals surface area contributed by atoms with Crippen molar-refractivity contribution in [2.24, 2.45) is 5.92 Å². The number of ketones is 1. The van der Waals surface area contributed by atoms with Crippen LogP contribution < -0.4 is 4.74 Å². The minimum atomic E-state index is -0.221. The third-order valence-corrected chi connectivity index (χ3v) is 5.32. The maximum absolute atomic E-state index is 13.0. The van der Waals surface area contributed by atoms with Crippen LogP contribution in [-0.2, 0) is 6.42 Å². The van der Waals surface area contributed by atoms with E-state index in [9.17, 15) is 9.59 Å². The summed E-state index contributed by atoms with van der Waals surface area (Å²) in [4.78, 5) is 27.4. The smallest absolute Gasteiger partial charge is 0.276 e. The van der Waals surface area contributed by atoms with Crippen molar-refractivity contribution in [1.29, 1.82) is 0 Å². The molecule has 0 N–H and O–H groups in total. The van der Waals surface area contributed by atoms with Gasteiger partial charge in [-0.25, -0.2) is 0 Å². The molecule has 1 amide bonds. The van der Waals surface area contributed by atoms with Crippen LogP contribution in [0.25, 0.3) is 0 Å². The van der Waals surface area contributed by atoms with Crippen molar-refractivity contribution in [2.75, 3.05) is 13.1 Å². The van der Waals surface area contributed by atoms with Crippen LogP contribution in [0.4, 0.5) is 0 Å². The second-order valence-corrected chi connectivity index (χ2v) is 7.43. The molecule has 0 spiro atoms. The number of aryl methyl sites for hydroxylation is 1. The van der Waals surface area contributed by atoms with Gasteiger partial charge in [0.15, 0.2) is 11.5 Å². The van der Waals surface area contributed by atoms with Crippen molar-refractivity contribution < 1.29 is 18.8 Å². The molecule has 30 heavy (non-hydrogen) atoms. The Kier molecular flexibility index (Phi) is 5.93. The second-order valence-electron chi connectivity index (χ2n) is 7.43. The monoisotopic (exact) mass is 404 g/mol. The highest BCUT2D eigenvalue weighted by Gasteiger charge is 2.30. The number of carbonyl (C=O) groups is 2. The van der Waals surface area contributed by atoms with Gasteiger partial charge in [-0.2, -0.15) is 0 Å². The van der Waals surface area contributed by atoms with Crippen LogP contribution in [0.2, 0.25) is 0 Å². The van der Waals surface area contributed by atoms with Gasteiger partial charge < -0.3 is 14.2 Å². The van der Waals surface area contributed by atoms with Crippen LogP contribution >= 0.6 is 0 Å². The fourth-order valence-corrected chi connectivity index (χ4v) is 3.67. The normalized spacial score (nSPS) is 16.3. The standard InChI is InChI=1S/C24H24N2O4/c1-2-19-15-22(25-30-19)24(28)26-14-6-7-18(16-26)23(27)17-10-12-21(13-11-17)29-20-8-4-3-5-9-20/h3-5,8-13,15,18H,2,6-7,14,16H2,1H3. The first-order valence-corrected chi connectivity index (χ1v) is 10.3. The van der Waals surface area contributed by atoms with Crippen LogP contribution in [0.5, 0.6) is 11.5 Å². The van der Waals surface area contributed by atoms with E-state index < -0.39 is 0 Å². The molecule has 4 rings (SSSR count). The van der Waals surface area contributed by atoms with Crippen molar-refractivity contribution in [3.8, 4) is 11.5 Å². The van der Waals surface area contributed by atoms with Gasteiger partial charge in [0.1, 0.15) is 17.3 Å². The minimum Gasteiger partial charge on any atom is -0.457 e. The highest BCUT2D eigenvalue weighted by atomic mass is 16.5. The molecule has 1 aromatic heterocycles. The van der Waals surface area contributed by atoms with E-state index in [1.807, 2.05) is 37.3 Å². The highest BCUT2D eigenvalue weighted by Crippen LogP contribution is 2.25. The molecule has 1 unspecified atom stereocenters. The molecule has 1 aliphatic heterocycles. The topological polar surface area (TPSA) is 72.6 Å². The quantitative estimate of drug-likeness (QED) is 0.554. The lowest BCUT2D eigenvalue weighted by Gasteiger charge is -2.31. The van der Waals surface area contributed by atoms with Gasteiger partial charge in [-0.1, -0.05) is 30.3 Å². The largest absolute Gasteiger partial charge is 0.457 e. The molecule has 1 fully saturated rings. The second kappa shape index (κ2) is 8.95. The maximum Gasteiger partial charge on any atom is 0.276 e. The molecule has 1 atom stereocenters. The van der Waals surface area contributed by atoms with E-state index >= 15 is 0 Å². The van der Waals surface area contributed by atoms with E-state index in [0.717, 1.165) is 18.6 Å². The van der Waals surface area contributed by atoms with Crippen molar-refractivity contribution in [1.82, 2.24) is 10.1 Å². The number of ether oxygens (including phenoxy) is 1. The molecule has 0 saturated carbocycles. The van der Waals surface area contributed by atoms with Crippen molar-refractivity contribution in [2.45, 2.75) is 26.2 Å². The first kappa shape index (κ1) is 19.9. The first-order chi connectivity index (χ1) is 14.6. The third-order valence-electron chi connectivity index (χ3n) is 5.32. The number of hydrogen-bond donors (Lipinski definition) is 0. The number of para-hydroxylation sites is 1. The van der Waals surface area contributed by atoms with Gasteiger partial charge in [0.2, 0.25) is 0 Å². The first-order valence-electron chi connectivity index (χ1n) is 10.3. The summed E-state index contributed by atoms with van der Waals surface area (Å²) >= 11 is 0. The van der Waals surface area contributed by atoms with Gasteiger partial charge in [0.25, 0.3) is 5.91 Å². The average Bonchev–Trinajstić information content (AvgIpc) is 3.29. The van der Waals surface area contributed by atoms with Gasteiger partial charge in [-0.3, -0.25) is 9.59 Å². The predicted molar refractivity (Wildman–Crippen MR) is 112 cm³/mol. The molecular formula is C24H24N2O4. The Bertz CT molecular complexity index is 1010. The zero-order chi connectivity index (χ0) is 20.9. The number of amides is 1. The van der Waals surface area contributed by atoms with E-state index in [-0.39, 0.29) is 17.6 Å². The fraction of sp³-hybridized carbons (Fsp3) is 0.292. The lowest BCUT2D eigenvalue weighted by molar-refractivity contribution is 0.0628. The summed E-state index contributed by atoms with van der Waals surface area (Å²) in [5.74, 6) is 1.76. The molecule has 154 valence electrons. The average molecular weight is 404 g/mol. The molecule has 6 nitrogen and oxygen atoms in total. The Balaban J connectivity index is 1.40. The number of likely N-dealkylation sites (tertiary alicyclic amines) is 1. The van der Waals surface area contributed by atoms with E-state index in [1.54, 1.807) is 35.2 Å². The number of aromatic nitrogens is 1. The maximum atomic E-state index is 13.0. The summed E-state index contributed by atoms with van der Waals surface area (Å²) in [5.41, 5.74) is 0.937. The van der Waals surface area contributed by atoms with Crippen LogP contribution in [0.1, 0.15) is 46.4 Å². The summed E-state index contributed by atoms with van der Waals surface area (Å²) in [7, 11) is 0. The van der Waals surface area contributed by atoms with Crippen LogP contribution in [-0.4, -0.2) is 34.8 Å². The summed E-state index contributed by atoms with van der Waals surface area (Å²) in [5, 5.41) is 3.87. The zero-order valence-corrected chi connectivity index (χ0v) is 16.9. The molecule has 2 heterocycles. The minimum absolute atomic E-state index is 0.0492. The number of benzene rings is 2. The number of carbonyl (C=O) groups excluding carboxylic acids is 2. The molecule has 1 aliphatic rings. The zero-order valence-electron chi connectivity index (χ0n) is 16.9. The van der Waals surface area contributed by atoms with Gasteiger partial charge in [-0.15, -0.1) is 0 Å². The van der Waals surface area contributed by atoms with Gasteiger partial charge >= 0.3 is 0 Å². The summed E-state index contributed by atoms with van der Waals surface area (Å²) in [6.07, 6.45) is 2.24. The highest BCUT2D eigenvalue weighted by molar-refractivity contribution is 5.99. The molecule has 2 aromatic carbocycles. The van der Waals surface area contributed by atoms with E-state index in [1.165, 1.54) is 0 Å². The third kappa shape index (κ3) is 4.43. The molecule has 6 heteroatoms. The summed E-state index contributed by atoms with van der Waals surface area (Å²) < 4.78 is 10.9. The Morgan fingerprint density at radius 2 is 1.83 bits per heavy atom. The molecule has 0 aliphatic carbocycles. The number of rotatable bonds is 6. The SMILES string of the molecule is CCc1cc(C(=O)N2CCCC(C(=O)c3ccc(Oc4ccccc4)cc3)C2)no1.